The first kappa shape index (κ1) is 17.0. The number of hydrogen-bond donors (Lipinski definition) is 0. The largest absolute Gasteiger partial charge is 0.497 e. The van der Waals surface area contributed by atoms with Gasteiger partial charge in [0.25, 0.3) is 5.56 Å². The van der Waals surface area contributed by atoms with E-state index in [0.717, 1.165) is 33.5 Å². The molecule has 0 aliphatic heterocycles. The number of pyridine rings is 2. The lowest BCUT2D eigenvalue weighted by Crippen LogP contribution is -2.21. The molecule has 0 N–H and O–H groups in total. The fourth-order valence-electron chi connectivity index (χ4n) is 3.35. The standard InChI is InChI=1S/C23H20N2O2/c1-27-19-11-9-17(10-12-19)21-16-23(26)25(22-8-3-2-7-20(21)22)15-13-18-6-4-5-14-24-18/h2-12,14,16H,13,15H2,1H3. The van der Waals surface area contributed by atoms with Gasteiger partial charge in [-0.25, -0.2) is 0 Å². The van der Waals surface area contributed by atoms with Crippen LogP contribution < -0.4 is 10.3 Å². The van der Waals surface area contributed by atoms with E-state index in [1.807, 2.05) is 65.2 Å². The minimum absolute atomic E-state index is 0.00421. The highest BCUT2D eigenvalue weighted by Gasteiger charge is 2.10. The third kappa shape index (κ3) is 3.47. The van der Waals surface area contributed by atoms with Crippen molar-refractivity contribution in [2.45, 2.75) is 13.0 Å². The smallest absolute Gasteiger partial charge is 0.251 e. The molecular formula is C23H20N2O2. The average molecular weight is 356 g/mol. The van der Waals surface area contributed by atoms with E-state index in [-0.39, 0.29) is 5.56 Å². The normalized spacial score (nSPS) is 10.9. The van der Waals surface area contributed by atoms with E-state index in [1.165, 1.54) is 0 Å². The number of ether oxygens (including phenoxy) is 1. The number of aromatic nitrogens is 2. The van der Waals surface area contributed by atoms with Crippen LogP contribution in [0, 0.1) is 0 Å². The highest BCUT2D eigenvalue weighted by atomic mass is 16.5. The molecule has 4 rings (SSSR count). The van der Waals surface area contributed by atoms with Crippen LogP contribution in [0.5, 0.6) is 5.75 Å². The van der Waals surface area contributed by atoms with Crippen molar-refractivity contribution in [1.29, 1.82) is 0 Å². The van der Waals surface area contributed by atoms with Crippen LogP contribution in [-0.2, 0) is 13.0 Å². The third-order valence-corrected chi connectivity index (χ3v) is 4.74. The quantitative estimate of drug-likeness (QED) is 0.535. The second kappa shape index (κ2) is 7.46. The molecule has 2 heterocycles. The van der Waals surface area contributed by atoms with Gasteiger partial charge in [-0.1, -0.05) is 36.4 Å². The molecule has 0 bridgehead atoms. The van der Waals surface area contributed by atoms with Crippen molar-refractivity contribution >= 4 is 10.9 Å². The molecule has 0 fully saturated rings. The molecule has 2 aromatic heterocycles. The molecule has 134 valence electrons. The van der Waals surface area contributed by atoms with Crippen LogP contribution in [0.3, 0.4) is 0 Å². The topological polar surface area (TPSA) is 44.1 Å². The number of para-hydroxylation sites is 1. The minimum Gasteiger partial charge on any atom is -0.497 e. The summed E-state index contributed by atoms with van der Waals surface area (Å²) in [5.74, 6) is 0.798. The Balaban J connectivity index is 1.78. The number of nitrogens with zero attached hydrogens (tertiary/aromatic N) is 2. The summed E-state index contributed by atoms with van der Waals surface area (Å²) in [6, 6.07) is 23.4. The van der Waals surface area contributed by atoms with E-state index < -0.39 is 0 Å². The summed E-state index contributed by atoms with van der Waals surface area (Å²) >= 11 is 0. The Kier molecular flexibility index (Phi) is 4.71. The number of fused-ring (bicyclic) bond motifs is 1. The predicted octanol–water partition coefficient (Wildman–Crippen LogP) is 4.31. The van der Waals surface area contributed by atoms with Crippen LogP contribution in [0.15, 0.2) is 83.8 Å². The molecule has 0 atom stereocenters. The van der Waals surface area contributed by atoms with Gasteiger partial charge in [0.1, 0.15) is 5.75 Å². The van der Waals surface area contributed by atoms with E-state index >= 15 is 0 Å². The van der Waals surface area contributed by atoms with Gasteiger partial charge in [-0.15, -0.1) is 0 Å². The SMILES string of the molecule is COc1ccc(-c2cc(=O)n(CCc3ccccn3)c3ccccc23)cc1. The van der Waals surface area contributed by atoms with Crippen LogP contribution in [0.25, 0.3) is 22.0 Å². The Morgan fingerprint density at radius 3 is 2.48 bits per heavy atom. The highest BCUT2D eigenvalue weighted by Crippen LogP contribution is 2.28. The second-order valence-electron chi connectivity index (χ2n) is 6.36. The summed E-state index contributed by atoms with van der Waals surface area (Å²) in [5, 5.41) is 1.06. The Morgan fingerprint density at radius 1 is 0.963 bits per heavy atom. The first-order chi connectivity index (χ1) is 13.3. The lowest BCUT2D eigenvalue weighted by atomic mass is 10.0. The van der Waals surface area contributed by atoms with Gasteiger partial charge in [-0.3, -0.25) is 9.78 Å². The van der Waals surface area contributed by atoms with Crippen molar-refractivity contribution in [3.8, 4) is 16.9 Å². The molecule has 0 saturated carbocycles. The molecule has 0 saturated heterocycles. The van der Waals surface area contributed by atoms with E-state index in [2.05, 4.69) is 11.1 Å². The zero-order valence-corrected chi connectivity index (χ0v) is 15.1. The number of aryl methyl sites for hydroxylation is 2. The van der Waals surface area contributed by atoms with Gasteiger partial charge in [0.2, 0.25) is 0 Å². The molecule has 0 aliphatic carbocycles. The maximum atomic E-state index is 12.9. The summed E-state index contributed by atoms with van der Waals surface area (Å²) < 4.78 is 7.07. The maximum Gasteiger partial charge on any atom is 0.251 e. The van der Waals surface area contributed by atoms with E-state index in [4.69, 9.17) is 4.74 Å². The zero-order valence-electron chi connectivity index (χ0n) is 15.1. The summed E-state index contributed by atoms with van der Waals surface area (Å²) in [4.78, 5) is 17.2. The van der Waals surface area contributed by atoms with Crippen molar-refractivity contribution in [3.63, 3.8) is 0 Å². The van der Waals surface area contributed by atoms with Gasteiger partial charge in [-0.05, 0) is 41.5 Å². The number of hydrogen-bond acceptors (Lipinski definition) is 3. The zero-order chi connectivity index (χ0) is 18.6. The Morgan fingerprint density at radius 2 is 1.74 bits per heavy atom. The fraction of sp³-hybridized carbons (Fsp3) is 0.130. The monoisotopic (exact) mass is 356 g/mol. The number of benzene rings is 2. The number of methoxy groups -OCH3 is 1. The summed E-state index contributed by atoms with van der Waals surface area (Å²) in [5.41, 5.74) is 3.85. The second-order valence-corrected chi connectivity index (χ2v) is 6.36. The van der Waals surface area contributed by atoms with E-state index in [1.54, 1.807) is 19.4 Å². The first-order valence-corrected chi connectivity index (χ1v) is 8.93. The summed E-state index contributed by atoms with van der Waals surface area (Å²) in [7, 11) is 1.65. The van der Waals surface area contributed by atoms with Crippen LogP contribution in [0.4, 0.5) is 0 Å². The van der Waals surface area contributed by atoms with E-state index in [9.17, 15) is 4.79 Å². The molecule has 0 radical (unpaired) electrons. The highest BCUT2D eigenvalue weighted by molar-refractivity contribution is 5.94. The molecule has 4 heteroatoms. The Hall–Kier alpha value is -3.40. The van der Waals surface area contributed by atoms with Gasteiger partial charge in [-0.2, -0.15) is 0 Å². The molecule has 0 spiro atoms. The molecule has 0 amide bonds. The third-order valence-electron chi connectivity index (χ3n) is 4.74. The van der Waals surface area contributed by atoms with Gasteiger partial charge in [0.05, 0.1) is 12.6 Å². The van der Waals surface area contributed by atoms with Gasteiger partial charge >= 0.3 is 0 Å². The molecule has 2 aromatic carbocycles. The van der Waals surface area contributed by atoms with Gasteiger partial charge in [0.15, 0.2) is 0 Å². The van der Waals surface area contributed by atoms with E-state index in [0.29, 0.717) is 13.0 Å². The van der Waals surface area contributed by atoms with Crippen LogP contribution in [0.1, 0.15) is 5.69 Å². The van der Waals surface area contributed by atoms with Crippen molar-refractivity contribution < 1.29 is 4.74 Å². The molecule has 0 aliphatic rings. The van der Waals surface area contributed by atoms with Gasteiger partial charge < -0.3 is 9.30 Å². The van der Waals surface area contributed by atoms with Gasteiger partial charge in [0, 0.05) is 36.3 Å². The Labute approximate surface area is 157 Å². The lowest BCUT2D eigenvalue weighted by molar-refractivity contribution is 0.415. The molecule has 0 unspecified atom stereocenters. The van der Waals surface area contributed by atoms with Crippen LogP contribution >= 0.6 is 0 Å². The van der Waals surface area contributed by atoms with Crippen molar-refractivity contribution in [1.82, 2.24) is 9.55 Å². The summed E-state index contributed by atoms with van der Waals surface area (Å²) in [6.07, 6.45) is 2.50. The average Bonchev–Trinajstić information content (AvgIpc) is 2.73. The van der Waals surface area contributed by atoms with Crippen molar-refractivity contribution in [2.75, 3.05) is 7.11 Å². The summed E-state index contributed by atoms with van der Waals surface area (Å²) in [6.45, 7) is 0.596. The van der Waals surface area contributed by atoms with Crippen molar-refractivity contribution in [2.24, 2.45) is 0 Å². The van der Waals surface area contributed by atoms with Crippen LogP contribution in [0.2, 0.25) is 0 Å². The fourth-order valence-corrected chi connectivity index (χ4v) is 3.35. The Bertz CT molecular complexity index is 1120. The number of rotatable bonds is 5. The molecule has 4 aromatic rings. The van der Waals surface area contributed by atoms with Crippen LogP contribution in [-0.4, -0.2) is 16.7 Å². The minimum atomic E-state index is -0.00421. The predicted molar refractivity (Wildman–Crippen MR) is 108 cm³/mol. The van der Waals surface area contributed by atoms with Crippen molar-refractivity contribution in [3.05, 3.63) is 95.0 Å². The lowest BCUT2D eigenvalue weighted by Gasteiger charge is -2.14. The maximum absolute atomic E-state index is 12.9. The molecule has 4 nitrogen and oxygen atoms in total. The first-order valence-electron chi connectivity index (χ1n) is 8.93. The molecule has 27 heavy (non-hydrogen) atoms. The molecular weight excluding hydrogens is 336 g/mol.